The normalized spacial score (nSPS) is 29.6. The molecule has 0 aromatic heterocycles. The first-order valence-electron chi connectivity index (χ1n) is 7.51. The highest BCUT2D eigenvalue weighted by atomic mass is 16.5. The van der Waals surface area contributed by atoms with Crippen LogP contribution in [0.2, 0.25) is 0 Å². The molecule has 5 heteroatoms. The van der Waals surface area contributed by atoms with Crippen LogP contribution in [0.15, 0.2) is 30.3 Å². The summed E-state index contributed by atoms with van der Waals surface area (Å²) in [5, 5.41) is 10.3. The van der Waals surface area contributed by atoms with E-state index in [1.807, 2.05) is 6.07 Å². The van der Waals surface area contributed by atoms with Gasteiger partial charge in [0.05, 0.1) is 7.11 Å². The van der Waals surface area contributed by atoms with Crippen LogP contribution in [-0.4, -0.2) is 41.6 Å². The summed E-state index contributed by atoms with van der Waals surface area (Å²) >= 11 is 0. The Bertz CT molecular complexity index is 598. The van der Waals surface area contributed by atoms with Crippen molar-refractivity contribution in [3.63, 3.8) is 0 Å². The molecule has 1 amide bonds. The smallest absolute Gasteiger partial charge is 0.328 e. The van der Waals surface area contributed by atoms with E-state index in [1.165, 1.54) is 12.0 Å². The largest absolute Gasteiger partial charge is 0.467 e. The minimum Gasteiger partial charge on any atom is -0.467 e. The first kappa shape index (κ1) is 15.0. The lowest BCUT2D eigenvalue weighted by Gasteiger charge is -2.30. The Morgan fingerprint density at radius 3 is 2.55 bits per heavy atom. The molecule has 1 saturated heterocycles. The highest BCUT2D eigenvalue weighted by molar-refractivity contribution is 5.89. The maximum absolute atomic E-state index is 12.6. The van der Waals surface area contributed by atoms with Crippen molar-refractivity contribution < 1.29 is 19.4 Å². The van der Waals surface area contributed by atoms with Gasteiger partial charge in [0, 0.05) is 12.5 Å². The number of benzene rings is 1. The second-order valence-corrected chi connectivity index (χ2v) is 6.73. The minimum atomic E-state index is -1.24. The first-order chi connectivity index (χ1) is 10.4. The molecule has 3 rings (SSSR count). The standard InChI is InChI=1S/C17H21NO4/c1-17(2)11-9-18(13(12(11)17)16(21)22-3)15(20)14(19)10-7-5-4-6-8-10/h4-8,11-14,19H,9H2,1-3H3/t11-,12-,13-,14-/m0/s1. The van der Waals surface area contributed by atoms with Gasteiger partial charge in [-0.15, -0.1) is 0 Å². The van der Waals surface area contributed by atoms with Crippen LogP contribution in [0.5, 0.6) is 0 Å². The van der Waals surface area contributed by atoms with Crippen molar-refractivity contribution >= 4 is 11.9 Å². The molecule has 1 aliphatic heterocycles. The van der Waals surface area contributed by atoms with Crippen molar-refractivity contribution in [2.45, 2.75) is 26.0 Å². The minimum absolute atomic E-state index is 0.0489. The van der Waals surface area contributed by atoms with E-state index in [4.69, 9.17) is 4.74 Å². The molecule has 0 spiro atoms. The summed E-state index contributed by atoms with van der Waals surface area (Å²) in [6.07, 6.45) is -1.24. The van der Waals surface area contributed by atoms with Crippen LogP contribution in [0, 0.1) is 17.3 Å². The van der Waals surface area contributed by atoms with Crippen LogP contribution < -0.4 is 0 Å². The van der Waals surface area contributed by atoms with E-state index >= 15 is 0 Å². The third-order valence-electron chi connectivity index (χ3n) is 5.28. The number of hydrogen-bond acceptors (Lipinski definition) is 4. The van der Waals surface area contributed by atoms with E-state index in [2.05, 4.69) is 13.8 Å². The molecule has 0 radical (unpaired) electrons. The quantitative estimate of drug-likeness (QED) is 0.857. The van der Waals surface area contributed by atoms with Gasteiger partial charge in [-0.05, 0) is 16.9 Å². The summed E-state index contributed by atoms with van der Waals surface area (Å²) in [6, 6.07) is 8.19. The summed E-state index contributed by atoms with van der Waals surface area (Å²) in [5.74, 6) is -0.410. The van der Waals surface area contributed by atoms with Gasteiger partial charge in [-0.2, -0.15) is 0 Å². The number of nitrogens with zero attached hydrogens (tertiary/aromatic N) is 1. The molecule has 1 saturated carbocycles. The SMILES string of the molecule is COC(=O)[C@@H]1[C@@H]2[C@H](CN1C(=O)[C@@H](O)c1ccccc1)C2(C)C. The first-order valence-corrected chi connectivity index (χ1v) is 7.51. The van der Waals surface area contributed by atoms with Gasteiger partial charge in [0.25, 0.3) is 5.91 Å². The summed E-state index contributed by atoms with van der Waals surface area (Å²) in [7, 11) is 1.33. The van der Waals surface area contributed by atoms with Gasteiger partial charge in [-0.1, -0.05) is 44.2 Å². The highest BCUT2D eigenvalue weighted by Crippen LogP contribution is 2.65. The topological polar surface area (TPSA) is 66.8 Å². The van der Waals surface area contributed by atoms with Crippen molar-refractivity contribution in [1.29, 1.82) is 0 Å². The Kier molecular flexibility index (Phi) is 3.48. The molecular weight excluding hydrogens is 282 g/mol. The fourth-order valence-corrected chi connectivity index (χ4v) is 3.84. The Morgan fingerprint density at radius 2 is 1.95 bits per heavy atom. The van der Waals surface area contributed by atoms with Crippen LogP contribution in [0.3, 0.4) is 0 Å². The van der Waals surface area contributed by atoms with Gasteiger partial charge in [0.15, 0.2) is 6.10 Å². The van der Waals surface area contributed by atoms with Crippen LogP contribution in [-0.2, 0) is 14.3 Å². The molecule has 1 N–H and O–H groups in total. The van der Waals surface area contributed by atoms with E-state index in [-0.39, 0.29) is 11.3 Å². The maximum atomic E-state index is 12.6. The van der Waals surface area contributed by atoms with Gasteiger partial charge >= 0.3 is 5.97 Å². The third kappa shape index (κ3) is 2.11. The summed E-state index contributed by atoms with van der Waals surface area (Å²) in [5.41, 5.74) is 0.587. The van der Waals surface area contributed by atoms with E-state index in [1.54, 1.807) is 24.3 Å². The molecule has 0 bridgehead atoms. The highest BCUT2D eigenvalue weighted by Gasteiger charge is 2.70. The molecule has 0 unspecified atom stereocenters. The third-order valence-corrected chi connectivity index (χ3v) is 5.28. The van der Waals surface area contributed by atoms with Crippen molar-refractivity contribution in [2.75, 3.05) is 13.7 Å². The predicted octanol–water partition coefficient (Wildman–Crippen LogP) is 1.38. The zero-order chi connectivity index (χ0) is 16.1. The van der Waals surface area contributed by atoms with E-state index in [0.29, 0.717) is 18.0 Å². The van der Waals surface area contributed by atoms with Crippen LogP contribution in [0.4, 0.5) is 0 Å². The summed E-state index contributed by atoms with van der Waals surface area (Å²) in [6.45, 7) is 4.71. The maximum Gasteiger partial charge on any atom is 0.328 e. The zero-order valence-corrected chi connectivity index (χ0v) is 13.0. The number of aliphatic hydroxyl groups excluding tert-OH is 1. The zero-order valence-electron chi connectivity index (χ0n) is 13.0. The Balaban J connectivity index is 1.82. The molecule has 22 heavy (non-hydrogen) atoms. The molecule has 1 aliphatic carbocycles. The molecule has 2 fully saturated rings. The molecule has 4 atom stereocenters. The van der Waals surface area contributed by atoms with Gasteiger partial charge in [-0.3, -0.25) is 4.79 Å². The molecule has 1 aromatic rings. The fourth-order valence-electron chi connectivity index (χ4n) is 3.84. The number of rotatable bonds is 3. The van der Waals surface area contributed by atoms with Crippen molar-refractivity contribution in [1.82, 2.24) is 4.90 Å². The number of hydrogen-bond donors (Lipinski definition) is 1. The number of likely N-dealkylation sites (tertiary alicyclic amines) is 1. The van der Waals surface area contributed by atoms with Crippen LogP contribution >= 0.6 is 0 Å². The lowest BCUT2D eigenvalue weighted by Crippen LogP contribution is -2.47. The number of carbonyl (C=O) groups excluding carboxylic acids is 2. The monoisotopic (exact) mass is 303 g/mol. The molecule has 5 nitrogen and oxygen atoms in total. The van der Waals surface area contributed by atoms with E-state index in [9.17, 15) is 14.7 Å². The van der Waals surface area contributed by atoms with Crippen LogP contribution in [0.25, 0.3) is 0 Å². The second kappa shape index (κ2) is 5.09. The number of carbonyl (C=O) groups is 2. The number of fused-ring (bicyclic) bond motifs is 1. The number of aliphatic hydroxyl groups is 1. The van der Waals surface area contributed by atoms with Crippen molar-refractivity contribution in [3.8, 4) is 0 Å². The summed E-state index contributed by atoms with van der Waals surface area (Å²) in [4.78, 5) is 26.2. The predicted molar refractivity (Wildman–Crippen MR) is 79.7 cm³/mol. The number of methoxy groups -OCH3 is 1. The van der Waals surface area contributed by atoms with Gasteiger partial charge in [-0.25, -0.2) is 4.79 Å². The Morgan fingerprint density at radius 1 is 1.32 bits per heavy atom. The average Bonchev–Trinajstić information content (AvgIpc) is 2.90. The number of ether oxygens (including phenoxy) is 1. The van der Waals surface area contributed by atoms with E-state index in [0.717, 1.165) is 0 Å². The molecule has 118 valence electrons. The molecule has 2 aliphatic rings. The Hall–Kier alpha value is -1.88. The molecular formula is C17H21NO4. The lowest BCUT2D eigenvalue weighted by atomic mass is 9.99. The number of piperidine rings is 1. The molecule has 1 heterocycles. The summed E-state index contributed by atoms with van der Waals surface area (Å²) < 4.78 is 4.88. The fraction of sp³-hybridized carbons (Fsp3) is 0.529. The van der Waals surface area contributed by atoms with E-state index < -0.39 is 24.0 Å². The van der Waals surface area contributed by atoms with Gasteiger partial charge in [0.2, 0.25) is 0 Å². The number of esters is 1. The Labute approximate surface area is 129 Å². The van der Waals surface area contributed by atoms with Crippen molar-refractivity contribution in [2.24, 2.45) is 17.3 Å². The van der Waals surface area contributed by atoms with Crippen LogP contribution in [0.1, 0.15) is 25.5 Å². The lowest BCUT2D eigenvalue weighted by molar-refractivity contribution is -0.156. The number of amides is 1. The molecule has 1 aromatic carbocycles. The van der Waals surface area contributed by atoms with Gasteiger partial charge < -0.3 is 14.7 Å². The average molecular weight is 303 g/mol. The van der Waals surface area contributed by atoms with Gasteiger partial charge in [0.1, 0.15) is 6.04 Å². The second-order valence-electron chi connectivity index (χ2n) is 6.73. The van der Waals surface area contributed by atoms with Crippen molar-refractivity contribution in [3.05, 3.63) is 35.9 Å².